The van der Waals surface area contributed by atoms with E-state index in [4.69, 9.17) is 9.47 Å². The maximum Gasteiger partial charge on any atom is 0.330 e. The molecule has 29 heavy (non-hydrogen) atoms. The molecule has 1 N–H and O–H groups in total. The van der Waals surface area contributed by atoms with Gasteiger partial charge in [-0.15, -0.1) is 0 Å². The minimum atomic E-state index is -0.496. The summed E-state index contributed by atoms with van der Waals surface area (Å²) in [5.74, 6) is 0.391. The number of esters is 1. The summed E-state index contributed by atoms with van der Waals surface area (Å²) in [6.45, 7) is 10.8. The van der Waals surface area contributed by atoms with E-state index in [2.05, 4.69) is 31.0 Å². The maximum absolute atomic E-state index is 12.3. The van der Waals surface area contributed by atoms with Crippen LogP contribution >= 0.6 is 11.8 Å². The lowest BCUT2D eigenvalue weighted by Crippen LogP contribution is -2.54. The number of unbranched alkanes of at least 4 members (excludes halogenated alkanes) is 1. The normalized spacial score (nSPS) is 27.8. The molecule has 0 aromatic heterocycles. The highest BCUT2D eigenvalue weighted by atomic mass is 32.2. The van der Waals surface area contributed by atoms with Gasteiger partial charge in [-0.1, -0.05) is 55.0 Å². The predicted molar refractivity (Wildman–Crippen MR) is 119 cm³/mol. The van der Waals surface area contributed by atoms with Crippen molar-refractivity contribution in [1.29, 1.82) is 0 Å². The predicted octanol–water partition coefficient (Wildman–Crippen LogP) is 5.32. The Bertz CT molecular complexity index is 657. The van der Waals surface area contributed by atoms with Gasteiger partial charge in [0.15, 0.2) is 0 Å². The minimum absolute atomic E-state index is 0.0139. The van der Waals surface area contributed by atoms with E-state index in [9.17, 15) is 9.59 Å². The Hall–Kier alpha value is -1.53. The van der Waals surface area contributed by atoms with Crippen molar-refractivity contribution < 1.29 is 19.1 Å². The molecule has 0 spiro atoms. The van der Waals surface area contributed by atoms with E-state index < -0.39 is 5.60 Å². The zero-order valence-corrected chi connectivity index (χ0v) is 18.8. The highest BCUT2D eigenvalue weighted by molar-refractivity contribution is 8.14. The zero-order valence-electron chi connectivity index (χ0n) is 18.0. The Labute approximate surface area is 179 Å². The molecule has 0 saturated carbocycles. The molecule has 3 unspecified atom stereocenters. The Morgan fingerprint density at radius 3 is 2.90 bits per heavy atom. The third-order valence-corrected chi connectivity index (χ3v) is 6.34. The van der Waals surface area contributed by atoms with Crippen molar-refractivity contribution in [2.45, 2.75) is 83.5 Å². The molecular formula is C23H35NO4S. The molecule has 2 aliphatic rings. The first-order valence-corrected chi connectivity index (χ1v) is 11.6. The summed E-state index contributed by atoms with van der Waals surface area (Å²) in [5, 5.41) is 2.94. The summed E-state index contributed by atoms with van der Waals surface area (Å²) in [4.78, 5) is 23.9. The minimum Gasteiger partial charge on any atom is -0.459 e. The molecule has 0 aliphatic carbocycles. The maximum atomic E-state index is 12.3. The van der Waals surface area contributed by atoms with Gasteiger partial charge in [0.2, 0.25) is 0 Å². The number of rotatable bonds is 10. The SMILES string of the molecule is C=C(C/C=C\CCC)CC/C(C)=C\C(=O)OC1CCOC(C)(C2CSC(=O)N2)C1. The summed E-state index contributed by atoms with van der Waals surface area (Å²) < 4.78 is 11.6. The molecule has 0 radical (unpaired) electrons. The number of hydrogen-bond acceptors (Lipinski definition) is 5. The van der Waals surface area contributed by atoms with E-state index in [1.807, 2.05) is 13.8 Å². The molecule has 5 nitrogen and oxygen atoms in total. The van der Waals surface area contributed by atoms with Crippen molar-refractivity contribution >= 4 is 23.0 Å². The Kier molecular flexibility index (Phi) is 9.50. The zero-order chi connectivity index (χ0) is 21.3. The topological polar surface area (TPSA) is 64.6 Å². The number of hydrogen-bond donors (Lipinski definition) is 1. The van der Waals surface area contributed by atoms with Gasteiger partial charge in [-0.3, -0.25) is 4.79 Å². The van der Waals surface area contributed by atoms with Crippen LogP contribution in [-0.2, 0) is 14.3 Å². The van der Waals surface area contributed by atoms with Crippen molar-refractivity contribution in [2.24, 2.45) is 0 Å². The molecule has 6 heteroatoms. The second kappa shape index (κ2) is 11.6. The van der Waals surface area contributed by atoms with Gasteiger partial charge < -0.3 is 14.8 Å². The van der Waals surface area contributed by atoms with E-state index in [0.29, 0.717) is 25.2 Å². The molecule has 2 heterocycles. The molecule has 2 aliphatic heterocycles. The van der Waals surface area contributed by atoms with Gasteiger partial charge in [-0.2, -0.15) is 0 Å². The molecule has 0 bridgehead atoms. The van der Waals surface area contributed by atoms with Gasteiger partial charge in [-0.25, -0.2) is 4.79 Å². The lowest BCUT2D eigenvalue weighted by atomic mass is 9.87. The first kappa shape index (κ1) is 23.7. The number of ether oxygens (including phenoxy) is 2. The first-order chi connectivity index (χ1) is 13.8. The Morgan fingerprint density at radius 1 is 1.41 bits per heavy atom. The van der Waals surface area contributed by atoms with Crippen molar-refractivity contribution in [2.75, 3.05) is 12.4 Å². The third kappa shape index (κ3) is 8.01. The van der Waals surface area contributed by atoms with Crippen molar-refractivity contribution in [3.8, 4) is 0 Å². The molecule has 1 amide bonds. The van der Waals surface area contributed by atoms with Gasteiger partial charge >= 0.3 is 5.97 Å². The standard InChI is InChI=1S/C23H35NO4S/c1-5-6-7-8-9-17(2)10-11-18(3)14-21(25)28-19-12-13-27-23(4,15-19)20-16-29-22(26)24-20/h7-8,14,19-20H,2,5-6,9-13,15-16H2,1,3-4H3,(H,24,26)/b8-7-,18-14-. The molecule has 0 aromatic rings. The van der Waals surface area contributed by atoms with Crippen LogP contribution in [0.25, 0.3) is 0 Å². The van der Waals surface area contributed by atoms with Crippen LogP contribution < -0.4 is 5.32 Å². The molecule has 162 valence electrons. The van der Waals surface area contributed by atoms with Crippen LogP contribution in [0.2, 0.25) is 0 Å². The Morgan fingerprint density at radius 2 is 2.21 bits per heavy atom. The summed E-state index contributed by atoms with van der Waals surface area (Å²) in [6.07, 6.45) is 11.9. The summed E-state index contributed by atoms with van der Waals surface area (Å²) in [7, 11) is 0. The quantitative estimate of drug-likeness (QED) is 0.294. The van der Waals surface area contributed by atoms with E-state index >= 15 is 0 Å². The second-order valence-corrected chi connectivity index (χ2v) is 9.21. The van der Waals surface area contributed by atoms with Crippen LogP contribution in [-0.4, -0.2) is 41.3 Å². The molecular weight excluding hydrogens is 386 g/mol. The molecule has 2 rings (SSSR count). The highest BCUT2D eigenvalue weighted by Crippen LogP contribution is 2.34. The fourth-order valence-corrected chi connectivity index (χ4v) is 4.56. The first-order valence-electron chi connectivity index (χ1n) is 10.6. The van der Waals surface area contributed by atoms with E-state index in [1.54, 1.807) is 6.08 Å². The largest absolute Gasteiger partial charge is 0.459 e. The van der Waals surface area contributed by atoms with Gasteiger partial charge in [0, 0.05) is 24.7 Å². The molecule has 2 saturated heterocycles. The number of allylic oxidation sites excluding steroid dienone is 4. The van der Waals surface area contributed by atoms with Gasteiger partial charge in [-0.05, 0) is 39.5 Å². The number of thioether (sulfide) groups is 1. The van der Waals surface area contributed by atoms with Crippen LogP contribution in [0.15, 0.2) is 36.0 Å². The summed E-state index contributed by atoms with van der Waals surface area (Å²) >= 11 is 1.28. The van der Waals surface area contributed by atoms with Crippen LogP contribution in [0.5, 0.6) is 0 Å². The molecule has 3 atom stereocenters. The van der Waals surface area contributed by atoms with Gasteiger partial charge in [0.25, 0.3) is 5.24 Å². The van der Waals surface area contributed by atoms with Crippen molar-refractivity contribution in [3.05, 3.63) is 36.0 Å². The lowest BCUT2D eigenvalue weighted by molar-refractivity contribution is -0.161. The average Bonchev–Trinajstić information content (AvgIpc) is 3.11. The molecule has 2 fully saturated rings. The Balaban J connectivity index is 1.77. The van der Waals surface area contributed by atoms with Crippen LogP contribution in [0.3, 0.4) is 0 Å². The summed E-state index contributed by atoms with van der Waals surface area (Å²) in [5.41, 5.74) is 1.68. The monoisotopic (exact) mass is 421 g/mol. The number of nitrogens with one attached hydrogen (secondary N) is 1. The van der Waals surface area contributed by atoms with Gasteiger partial charge in [0.05, 0.1) is 18.2 Å². The van der Waals surface area contributed by atoms with Crippen molar-refractivity contribution in [3.63, 3.8) is 0 Å². The average molecular weight is 422 g/mol. The van der Waals surface area contributed by atoms with Crippen molar-refractivity contribution in [1.82, 2.24) is 5.32 Å². The summed E-state index contributed by atoms with van der Waals surface area (Å²) in [6, 6.07) is -0.0452. The number of amides is 1. The van der Waals surface area contributed by atoms with Crippen LogP contribution in [0, 0.1) is 0 Å². The fourth-order valence-electron chi connectivity index (χ4n) is 3.58. The van der Waals surface area contributed by atoms with E-state index in [1.165, 1.54) is 17.3 Å². The van der Waals surface area contributed by atoms with Crippen LogP contribution in [0.4, 0.5) is 4.79 Å². The fraction of sp³-hybridized carbons (Fsp3) is 0.652. The smallest absolute Gasteiger partial charge is 0.330 e. The lowest BCUT2D eigenvalue weighted by Gasteiger charge is -2.41. The van der Waals surface area contributed by atoms with Gasteiger partial charge in [0.1, 0.15) is 6.10 Å². The third-order valence-electron chi connectivity index (χ3n) is 5.46. The second-order valence-electron chi connectivity index (χ2n) is 8.21. The number of carbonyl (C=O) groups excluding carboxylic acids is 2. The van der Waals surface area contributed by atoms with E-state index in [0.717, 1.165) is 37.7 Å². The highest BCUT2D eigenvalue weighted by Gasteiger charge is 2.44. The number of carbonyl (C=O) groups is 2. The van der Waals surface area contributed by atoms with Crippen LogP contribution in [0.1, 0.15) is 65.7 Å². The van der Waals surface area contributed by atoms with E-state index in [-0.39, 0.29) is 23.4 Å². The molecule has 0 aromatic carbocycles.